The van der Waals surface area contributed by atoms with Gasteiger partial charge in [0.15, 0.2) is 0 Å². The maximum atomic E-state index is 12.3. The van der Waals surface area contributed by atoms with E-state index in [0.29, 0.717) is 23.2 Å². The summed E-state index contributed by atoms with van der Waals surface area (Å²) < 4.78 is 40.8. The summed E-state index contributed by atoms with van der Waals surface area (Å²) >= 11 is 0. The molecular formula is C11H10F3NO. The summed E-state index contributed by atoms with van der Waals surface area (Å²) in [5.41, 5.74) is 2.30. The predicted octanol–water partition coefficient (Wildman–Crippen LogP) is 3.25. The van der Waals surface area contributed by atoms with Crippen molar-refractivity contribution >= 4 is 5.57 Å². The van der Waals surface area contributed by atoms with Gasteiger partial charge in [0.05, 0.1) is 5.69 Å². The minimum Gasteiger partial charge on any atom is -0.405 e. The number of halogens is 3. The zero-order valence-electron chi connectivity index (χ0n) is 8.85. The predicted molar refractivity (Wildman–Crippen MR) is 53.0 cm³/mol. The summed E-state index contributed by atoms with van der Waals surface area (Å²) in [4.78, 5) is 4.10. The number of aryl methyl sites for hydroxylation is 1. The van der Waals surface area contributed by atoms with Crippen molar-refractivity contribution in [3.63, 3.8) is 0 Å². The van der Waals surface area contributed by atoms with Gasteiger partial charge in [-0.05, 0) is 19.4 Å². The van der Waals surface area contributed by atoms with Crippen LogP contribution in [0.5, 0.6) is 5.75 Å². The van der Waals surface area contributed by atoms with E-state index in [1.807, 2.05) is 6.08 Å². The molecule has 0 radical (unpaired) electrons. The van der Waals surface area contributed by atoms with Crippen LogP contribution in [-0.2, 0) is 6.42 Å². The first-order valence-corrected chi connectivity index (χ1v) is 4.80. The summed E-state index contributed by atoms with van der Waals surface area (Å²) in [5.74, 6) is -0.122. The van der Waals surface area contributed by atoms with Crippen molar-refractivity contribution in [2.75, 3.05) is 0 Å². The molecule has 0 spiro atoms. The molecule has 2 rings (SSSR count). The second-order valence-corrected chi connectivity index (χ2v) is 3.73. The molecule has 1 aliphatic rings. The molecular weight excluding hydrogens is 219 g/mol. The van der Waals surface area contributed by atoms with Gasteiger partial charge in [0.25, 0.3) is 0 Å². The average Bonchev–Trinajstić information content (AvgIpc) is 2.51. The third kappa shape index (κ3) is 1.89. The van der Waals surface area contributed by atoms with Crippen LogP contribution in [0, 0.1) is 6.92 Å². The highest BCUT2D eigenvalue weighted by molar-refractivity contribution is 5.75. The Bertz CT molecular complexity index is 463. The molecule has 1 heterocycles. The number of fused-ring (bicyclic) bond motifs is 1. The molecule has 0 aliphatic heterocycles. The van der Waals surface area contributed by atoms with Crippen molar-refractivity contribution in [1.82, 2.24) is 4.98 Å². The number of aromatic nitrogens is 1. The van der Waals surface area contributed by atoms with E-state index in [-0.39, 0.29) is 5.75 Å². The molecule has 2 nitrogen and oxygen atoms in total. The van der Waals surface area contributed by atoms with Gasteiger partial charge in [0.2, 0.25) is 0 Å². The number of nitrogens with zero attached hydrogens (tertiary/aromatic N) is 1. The molecule has 0 N–H and O–H groups in total. The Kier molecular flexibility index (Phi) is 2.40. The van der Waals surface area contributed by atoms with E-state index in [0.717, 1.165) is 5.57 Å². The van der Waals surface area contributed by atoms with Crippen LogP contribution in [0.3, 0.4) is 0 Å². The molecule has 0 saturated heterocycles. The third-order valence-electron chi connectivity index (χ3n) is 2.50. The van der Waals surface area contributed by atoms with E-state index in [1.54, 1.807) is 13.8 Å². The molecule has 0 amide bonds. The summed E-state index contributed by atoms with van der Waals surface area (Å²) in [6, 6.07) is 0. The number of pyridine rings is 1. The minimum atomic E-state index is -4.66. The van der Waals surface area contributed by atoms with Gasteiger partial charge in [-0.15, -0.1) is 13.2 Å². The second-order valence-electron chi connectivity index (χ2n) is 3.73. The fourth-order valence-corrected chi connectivity index (χ4v) is 1.79. The molecule has 1 aromatic rings. The Morgan fingerprint density at radius 1 is 1.31 bits per heavy atom. The number of hydrogen-bond donors (Lipinski definition) is 0. The molecule has 0 bridgehead atoms. The third-order valence-corrected chi connectivity index (χ3v) is 2.50. The van der Waals surface area contributed by atoms with E-state index in [4.69, 9.17) is 0 Å². The smallest absolute Gasteiger partial charge is 0.405 e. The summed E-state index contributed by atoms with van der Waals surface area (Å²) in [6.45, 7) is 3.32. The standard InChI is InChI=1S/C11H10F3NO/c1-6-3-4-8-9(6)10(7(2)5-15-8)16-11(12,13)14/h3,5H,4H2,1-2H3. The molecule has 1 aromatic heterocycles. The first-order chi connectivity index (χ1) is 7.38. The van der Waals surface area contributed by atoms with Gasteiger partial charge in [-0.1, -0.05) is 6.08 Å². The zero-order valence-corrected chi connectivity index (χ0v) is 8.85. The number of allylic oxidation sites excluding steroid dienone is 2. The van der Waals surface area contributed by atoms with Gasteiger partial charge in [0.1, 0.15) is 5.75 Å². The lowest BCUT2D eigenvalue weighted by atomic mass is 10.1. The van der Waals surface area contributed by atoms with E-state index in [9.17, 15) is 13.2 Å². The maximum absolute atomic E-state index is 12.3. The lowest BCUT2D eigenvalue weighted by Crippen LogP contribution is -2.19. The van der Waals surface area contributed by atoms with Crippen LogP contribution >= 0.6 is 0 Å². The highest BCUT2D eigenvalue weighted by Crippen LogP contribution is 2.38. The summed E-state index contributed by atoms with van der Waals surface area (Å²) in [5, 5.41) is 0. The van der Waals surface area contributed by atoms with E-state index >= 15 is 0 Å². The molecule has 0 fully saturated rings. The Labute approximate surface area is 90.8 Å². The summed E-state index contributed by atoms with van der Waals surface area (Å²) in [7, 11) is 0. The van der Waals surface area contributed by atoms with Crippen molar-refractivity contribution < 1.29 is 17.9 Å². The summed E-state index contributed by atoms with van der Waals surface area (Å²) in [6.07, 6.45) is -0.842. The Balaban J connectivity index is 2.52. The van der Waals surface area contributed by atoms with Crippen molar-refractivity contribution in [3.05, 3.63) is 29.1 Å². The van der Waals surface area contributed by atoms with E-state index in [2.05, 4.69) is 9.72 Å². The Hall–Kier alpha value is -1.52. The van der Waals surface area contributed by atoms with Crippen molar-refractivity contribution in [2.24, 2.45) is 0 Å². The number of ether oxygens (including phenoxy) is 1. The molecule has 5 heteroatoms. The quantitative estimate of drug-likeness (QED) is 0.737. The van der Waals surface area contributed by atoms with E-state index in [1.165, 1.54) is 6.20 Å². The van der Waals surface area contributed by atoms with Crippen LogP contribution in [0.2, 0.25) is 0 Å². The Morgan fingerprint density at radius 2 is 2.00 bits per heavy atom. The SMILES string of the molecule is CC1=CCc2ncc(C)c(OC(F)(F)F)c21. The normalized spacial score (nSPS) is 14.7. The molecule has 0 saturated carbocycles. The molecule has 0 atom stereocenters. The van der Waals surface area contributed by atoms with Crippen molar-refractivity contribution in [3.8, 4) is 5.75 Å². The molecule has 86 valence electrons. The lowest BCUT2D eigenvalue weighted by molar-refractivity contribution is -0.275. The first kappa shape index (κ1) is 11.0. The monoisotopic (exact) mass is 229 g/mol. The van der Waals surface area contributed by atoms with Crippen LogP contribution in [0.15, 0.2) is 12.3 Å². The average molecular weight is 229 g/mol. The first-order valence-electron chi connectivity index (χ1n) is 4.80. The van der Waals surface area contributed by atoms with Gasteiger partial charge in [-0.25, -0.2) is 0 Å². The maximum Gasteiger partial charge on any atom is 0.573 e. The largest absolute Gasteiger partial charge is 0.573 e. The van der Waals surface area contributed by atoms with Gasteiger partial charge in [-0.2, -0.15) is 0 Å². The highest BCUT2D eigenvalue weighted by atomic mass is 19.4. The van der Waals surface area contributed by atoms with Crippen LogP contribution in [0.25, 0.3) is 5.57 Å². The molecule has 0 unspecified atom stereocenters. The second kappa shape index (κ2) is 3.50. The van der Waals surface area contributed by atoms with Gasteiger partial charge in [0, 0.05) is 23.7 Å². The van der Waals surface area contributed by atoms with Crippen molar-refractivity contribution in [2.45, 2.75) is 26.6 Å². The number of hydrogen-bond acceptors (Lipinski definition) is 2. The van der Waals surface area contributed by atoms with Gasteiger partial charge >= 0.3 is 6.36 Å². The van der Waals surface area contributed by atoms with Crippen molar-refractivity contribution in [1.29, 1.82) is 0 Å². The number of rotatable bonds is 1. The molecule has 1 aliphatic carbocycles. The van der Waals surface area contributed by atoms with Gasteiger partial charge < -0.3 is 4.74 Å². The topological polar surface area (TPSA) is 22.1 Å². The highest BCUT2D eigenvalue weighted by Gasteiger charge is 2.34. The zero-order chi connectivity index (χ0) is 11.9. The Morgan fingerprint density at radius 3 is 2.62 bits per heavy atom. The van der Waals surface area contributed by atoms with Crippen LogP contribution in [0.4, 0.5) is 13.2 Å². The fraction of sp³-hybridized carbons (Fsp3) is 0.364. The molecule has 0 aromatic carbocycles. The van der Waals surface area contributed by atoms with Crippen LogP contribution in [0.1, 0.15) is 23.7 Å². The number of alkyl halides is 3. The lowest BCUT2D eigenvalue weighted by Gasteiger charge is -2.15. The minimum absolute atomic E-state index is 0.122. The van der Waals surface area contributed by atoms with Crippen LogP contribution in [-0.4, -0.2) is 11.3 Å². The van der Waals surface area contributed by atoms with Crippen LogP contribution < -0.4 is 4.74 Å². The van der Waals surface area contributed by atoms with E-state index < -0.39 is 6.36 Å². The fourth-order valence-electron chi connectivity index (χ4n) is 1.79. The van der Waals surface area contributed by atoms with Gasteiger partial charge in [-0.3, -0.25) is 4.98 Å². The molecule has 16 heavy (non-hydrogen) atoms.